The molecule has 2 atom stereocenters. The zero-order chi connectivity index (χ0) is 12.3. The van der Waals surface area contributed by atoms with Gasteiger partial charge in [0.25, 0.3) is 0 Å². The molecule has 4 heteroatoms. The van der Waals surface area contributed by atoms with Crippen molar-refractivity contribution in [2.45, 2.75) is 13.0 Å². The van der Waals surface area contributed by atoms with Crippen LogP contribution in [0.4, 0.5) is 4.39 Å². The van der Waals surface area contributed by atoms with Gasteiger partial charge in [-0.05, 0) is 30.3 Å². The zero-order valence-corrected chi connectivity index (χ0v) is 11.0. The van der Waals surface area contributed by atoms with E-state index in [1.165, 1.54) is 6.07 Å². The Bertz CT molecular complexity index is 386. The average Bonchev–Trinajstić information content (AvgIpc) is 2.54. The molecule has 0 spiro atoms. The highest BCUT2D eigenvalue weighted by Gasteiger charge is 2.23. The van der Waals surface area contributed by atoms with Crippen molar-refractivity contribution in [3.8, 4) is 5.75 Å². The molecule has 1 N–H and O–H groups in total. The first-order chi connectivity index (χ1) is 8.22. The molecule has 1 saturated heterocycles. The van der Waals surface area contributed by atoms with Crippen molar-refractivity contribution in [3.05, 3.63) is 29.6 Å². The van der Waals surface area contributed by atoms with Gasteiger partial charge in [0.1, 0.15) is 11.6 Å². The summed E-state index contributed by atoms with van der Waals surface area (Å²) in [6, 6.07) is 5.04. The van der Waals surface area contributed by atoms with E-state index >= 15 is 0 Å². The summed E-state index contributed by atoms with van der Waals surface area (Å²) in [6.45, 7) is 3.14. The Labute approximate surface area is 106 Å². The third-order valence-corrected chi connectivity index (χ3v) is 4.35. The first-order valence-electron chi connectivity index (χ1n) is 5.86. The minimum absolute atomic E-state index is 0.0427. The Balaban J connectivity index is 2.26. The van der Waals surface area contributed by atoms with Crippen molar-refractivity contribution in [1.29, 1.82) is 0 Å². The molecule has 0 amide bonds. The molecule has 0 bridgehead atoms. The van der Waals surface area contributed by atoms with Crippen molar-refractivity contribution in [2.24, 2.45) is 5.92 Å². The number of ether oxygens (including phenoxy) is 1. The number of halogens is 1. The average molecular weight is 255 g/mol. The number of hydrogen-bond donors (Lipinski definition) is 1. The summed E-state index contributed by atoms with van der Waals surface area (Å²) >= 11 is 1.87. The van der Waals surface area contributed by atoms with Gasteiger partial charge in [-0.25, -0.2) is 4.39 Å². The number of thioether (sulfide) groups is 1. The van der Waals surface area contributed by atoms with Crippen LogP contribution in [0.25, 0.3) is 0 Å². The molecule has 1 aliphatic rings. The maximum Gasteiger partial charge on any atom is 0.131 e. The topological polar surface area (TPSA) is 21.3 Å². The predicted molar refractivity (Wildman–Crippen MR) is 70.2 cm³/mol. The lowest BCUT2D eigenvalue weighted by atomic mass is 10.1. The molecule has 2 nitrogen and oxygen atoms in total. The van der Waals surface area contributed by atoms with Gasteiger partial charge in [-0.2, -0.15) is 11.8 Å². The fourth-order valence-electron chi connectivity index (χ4n) is 2.07. The standard InChI is InChI=1S/C13H18FNOS/c1-9-6-15-11(8-17-7-9)13-10(14)4-3-5-12(13)16-2/h3-5,9,11,15H,6-8H2,1-2H3. The van der Waals surface area contributed by atoms with E-state index < -0.39 is 0 Å². The van der Waals surface area contributed by atoms with E-state index in [9.17, 15) is 4.39 Å². The molecule has 0 aromatic heterocycles. The maximum atomic E-state index is 13.9. The van der Waals surface area contributed by atoms with Crippen molar-refractivity contribution in [3.63, 3.8) is 0 Å². The Kier molecular flexibility index (Phi) is 4.29. The summed E-state index contributed by atoms with van der Waals surface area (Å²) in [6.07, 6.45) is 0. The fraction of sp³-hybridized carbons (Fsp3) is 0.538. The number of rotatable bonds is 2. The molecular formula is C13H18FNOS. The Morgan fingerprint density at radius 2 is 2.24 bits per heavy atom. The van der Waals surface area contributed by atoms with Gasteiger partial charge in [-0.3, -0.25) is 0 Å². The Hall–Kier alpha value is -0.740. The summed E-state index contributed by atoms with van der Waals surface area (Å²) in [4.78, 5) is 0. The minimum Gasteiger partial charge on any atom is -0.496 e. The quantitative estimate of drug-likeness (QED) is 0.878. The molecule has 1 aromatic carbocycles. The van der Waals surface area contributed by atoms with Crippen LogP contribution in [0, 0.1) is 11.7 Å². The summed E-state index contributed by atoms with van der Waals surface area (Å²) < 4.78 is 19.2. The highest BCUT2D eigenvalue weighted by molar-refractivity contribution is 7.99. The first kappa shape index (κ1) is 12.7. The van der Waals surface area contributed by atoms with Crippen LogP contribution in [0.15, 0.2) is 18.2 Å². The smallest absolute Gasteiger partial charge is 0.131 e. The van der Waals surface area contributed by atoms with Crippen LogP contribution in [0.5, 0.6) is 5.75 Å². The molecule has 2 rings (SSSR count). The van der Waals surface area contributed by atoms with E-state index in [1.807, 2.05) is 17.8 Å². The molecule has 0 saturated carbocycles. The zero-order valence-electron chi connectivity index (χ0n) is 10.2. The lowest BCUT2D eigenvalue weighted by Gasteiger charge is -2.19. The highest BCUT2D eigenvalue weighted by atomic mass is 32.2. The van der Waals surface area contributed by atoms with Crippen LogP contribution in [0.2, 0.25) is 0 Å². The van der Waals surface area contributed by atoms with Crippen LogP contribution in [0.1, 0.15) is 18.5 Å². The van der Waals surface area contributed by atoms with Gasteiger partial charge >= 0.3 is 0 Å². The molecule has 1 aromatic rings. The fourth-order valence-corrected chi connectivity index (χ4v) is 3.24. The minimum atomic E-state index is -0.183. The lowest BCUT2D eigenvalue weighted by Crippen LogP contribution is -2.26. The summed E-state index contributed by atoms with van der Waals surface area (Å²) in [5.41, 5.74) is 0.664. The highest BCUT2D eigenvalue weighted by Crippen LogP contribution is 2.31. The second kappa shape index (κ2) is 5.74. The van der Waals surface area contributed by atoms with Gasteiger partial charge in [-0.1, -0.05) is 13.0 Å². The summed E-state index contributed by atoms with van der Waals surface area (Å²) in [5.74, 6) is 3.10. The van der Waals surface area contributed by atoms with Crippen LogP contribution < -0.4 is 10.1 Å². The van der Waals surface area contributed by atoms with E-state index in [-0.39, 0.29) is 11.9 Å². The largest absolute Gasteiger partial charge is 0.496 e. The molecular weight excluding hydrogens is 237 g/mol. The van der Waals surface area contributed by atoms with Crippen molar-refractivity contribution in [1.82, 2.24) is 5.32 Å². The molecule has 0 radical (unpaired) electrons. The van der Waals surface area contributed by atoms with Gasteiger partial charge in [0.05, 0.1) is 7.11 Å². The van der Waals surface area contributed by atoms with Gasteiger partial charge in [-0.15, -0.1) is 0 Å². The number of benzene rings is 1. The maximum absolute atomic E-state index is 13.9. The van der Waals surface area contributed by atoms with Crippen LogP contribution in [0.3, 0.4) is 0 Å². The van der Waals surface area contributed by atoms with Crippen LogP contribution in [-0.4, -0.2) is 25.2 Å². The van der Waals surface area contributed by atoms with Crippen LogP contribution >= 0.6 is 11.8 Å². The molecule has 0 aliphatic carbocycles. The Morgan fingerprint density at radius 1 is 1.41 bits per heavy atom. The van der Waals surface area contributed by atoms with E-state index in [0.717, 1.165) is 18.1 Å². The molecule has 1 heterocycles. The van der Waals surface area contributed by atoms with E-state index in [0.29, 0.717) is 17.2 Å². The second-order valence-electron chi connectivity index (χ2n) is 4.46. The van der Waals surface area contributed by atoms with Crippen molar-refractivity contribution >= 4 is 11.8 Å². The molecule has 1 aliphatic heterocycles. The third-order valence-electron chi connectivity index (χ3n) is 2.98. The van der Waals surface area contributed by atoms with E-state index in [4.69, 9.17) is 4.74 Å². The second-order valence-corrected chi connectivity index (χ2v) is 5.53. The number of hydrogen-bond acceptors (Lipinski definition) is 3. The number of methoxy groups -OCH3 is 1. The summed E-state index contributed by atoms with van der Waals surface area (Å²) in [5, 5.41) is 3.42. The summed E-state index contributed by atoms with van der Waals surface area (Å²) in [7, 11) is 1.59. The molecule has 94 valence electrons. The molecule has 2 unspecified atom stereocenters. The lowest BCUT2D eigenvalue weighted by molar-refractivity contribution is 0.392. The van der Waals surface area contributed by atoms with Gasteiger partial charge in [0.2, 0.25) is 0 Å². The van der Waals surface area contributed by atoms with E-state index in [1.54, 1.807) is 13.2 Å². The van der Waals surface area contributed by atoms with Crippen molar-refractivity contribution < 1.29 is 9.13 Å². The normalized spacial score (nSPS) is 25.4. The van der Waals surface area contributed by atoms with E-state index in [2.05, 4.69) is 12.2 Å². The Morgan fingerprint density at radius 3 is 3.00 bits per heavy atom. The monoisotopic (exact) mass is 255 g/mol. The number of nitrogens with one attached hydrogen (secondary N) is 1. The van der Waals surface area contributed by atoms with Gasteiger partial charge in [0, 0.05) is 17.4 Å². The van der Waals surface area contributed by atoms with Crippen molar-refractivity contribution in [2.75, 3.05) is 25.2 Å². The predicted octanol–water partition coefficient (Wildman–Crippen LogP) is 2.85. The first-order valence-corrected chi connectivity index (χ1v) is 7.01. The van der Waals surface area contributed by atoms with Crippen LogP contribution in [-0.2, 0) is 0 Å². The SMILES string of the molecule is COc1cccc(F)c1C1CSCC(C)CN1. The third kappa shape index (κ3) is 2.93. The van der Waals surface area contributed by atoms with Gasteiger partial charge in [0.15, 0.2) is 0 Å². The van der Waals surface area contributed by atoms with Gasteiger partial charge < -0.3 is 10.1 Å². The molecule has 1 fully saturated rings. The molecule has 17 heavy (non-hydrogen) atoms.